The second-order valence-electron chi connectivity index (χ2n) is 5.05. The van der Waals surface area contributed by atoms with Crippen LogP contribution in [0.15, 0.2) is 0 Å². The van der Waals surface area contributed by atoms with Gasteiger partial charge in [-0.2, -0.15) is 0 Å². The van der Waals surface area contributed by atoms with Gasteiger partial charge in [0.2, 0.25) is 0 Å². The van der Waals surface area contributed by atoms with Gasteiger partial charge in [-0.25, -0.2) is 0 Å². The molecule has 0 amide bonds. The molecule has 15 heavy (non-hydrogen) atoms. The Hall–Kier alpha value is -0.0800. The molecule has 0 aromatic heterocycles. The standard InChI is InChI=1S/C13H28N2/c1-5-11(3)13-10-15(12(4)6-2)9-7-8-14-13/h11-14H,5-10H2,1-4H3. The average Bonchev–Trinajstić information content (AvgIpc) is 2.52. The van der Waals surface area contributed by atoms with Crippen molar-refractivity contribution in [3.63, 3.8) is 0 Å². The van der Waals surface area contributed by atoms with Crippen molar-refractivity contribution in [1.82, 2.24) is 10.2 Å². The van der Waals surface area contributed by atoms with Crippen molar-refractivity contribution in [3.8, 4) is 0 Å². The van der Waals surface area contributed by atoms with Gasteiger partial charge in [-0.15, -0.1) is 0 Å². The molecule has 0 aromatic rings. The Morgan fingerprint density at radius 3 is 2.60 bits per heavy atom. The molecule has 1 heterocycles. The molecule has 1 aliphatic rings. The SMILES string of the molecule is CCC(C)C1CN(C(C)CC)CCCN1. The van der Waals surface area contributed by atoms with Crippen LogP contribution in [0.5, 0.6) is 0 Å². The fraction of sp³-hybridized carbons (Fsp3) is 1.00. The van der Waals surface area contributed by atoms with E-state index in [0.717, 1.165) is 12.0 Å². The first-order valence-electron chi connectivity index (χ1n) is 6.66. The summed E-state index contributed by atoms with van der Waals surface area (Å²) in [6.45, 7) is 13.0. The Balaban J connectivity index is 2.52. The summed E-state index contributed by atoms with van der Waals surface area (Å²) in [6, 6.07) is 1.45. The molecule has 0 spiro atoms. The summed E-state index contributed by atoms with van der Waals surface area (Å²) in [6.07, 6.45) is 3.86. The maximum Gasteiger partial charge on any atom is 0.0220 e. The van der Waals surface area contributed by atoms with E-state index in [1.165, 1.54) is 38.9 Å². The van der Waals surface area contributed by atoms with Crippen molar-refractivity contribution >= 4 is 0 Å². The van der Waals surface area contributed by atoms with E-state index in [4.69, 9.17) is 0 Å². The Kier molecular flexibility index (Phi) is 5.62. The molecule has 2 heteroatoms. The molecule has 0 aromatic carbocycles. The third-order valence-corrected chi connectivity index (χ3v) is 4.00. The molecule has 1 aliphatic heterocycles. The monoisotopic (exact) mass is 212 g/mol. The molecule has 1 saturated heterocycles. The summed E-state index contributed by atoms with van der Waals surface area (Å²) >= 11 is 0. The van der Waals surface area contributed by atoms with Gasteiger partial charge in [0.15, 0.2) is 0 Å². The number of rotatable bonds is 4. The molecule has 3 atom stereocenters. The first-order chi connectivity index (χ1) is 7.19. The van der Waals surface area contributed by atoms with Gasteiger partial charge in [-0.1, -0.05) is 27.2 Å². The van der Waals surface area contributed by atoms with E-state index in [1.54, 1.807) is 0 Å². The lowest BCUT2D eigenvalue weighted by atomic mass is 9.98. The summed E-state index contributed by atoms with van der Waals surface area (Å²) < 4.78 is 0. The molecule has 1 fully saturated rings. The van der Waals surface area contributed by atoms with Crippen LogP contribution in [0.1, 0.15) is 47.0 Å². The lowest BCUT2D eigenvalue weighted by Gasteiger charge is -2.31. The normalized spacial score (nSPS) is 28.4. The van der Waals surface area contributed by atoms with E-state index in [0.29, 0.717) is 6.04 Å². The van der Waals surface area contributed by atoms with Gasteiger partial charge in [-0.05, 0) is 38.8 Å². The summed E-state index contributed by atoms with van der Waals surface area (Å²) in [4.78, 5) is 2.66. The highest BCUT2D eigenvalue weighted by atomic mass is 15.2. The van der Waals surface area contributed by atoms with Crippen LogP contribution >= 0.6 is 0 Å². The third kappa shape index (κ3) is 3.76. The zero-order valence-corrected chi connectivity index (χ0v) is 10.9. The van der Waals surface area contributed by atoms with Gasteiger partial charge in [0, 0.05) is 18.6 Å². The topological polar surface area (TPSA) is 15.3 Å². The van der Waals surface area contributed by atoms with Crippen LogP contribution in [-0.4, -0.2) is 36.6 Å². The largest absolute Gasteiger partial charge is 0.312 e. The number of hydrogen-bond donors (Lipinski definition) is 1. The Morgan fingerprint density at radius 2 is 2.00 bits per heavy atom. The van der Waals surface area contributed by atoms with Crippen molar-refractivity contribution in [3.05, 3.63) is 0 Å². The molecule has 0 radical (unpaired) electrons. The molecule has 0 aliphatic carbocycles. The molecule has 2 nitrogen and oxygen atoms in total. The molecular formula is C13H28N2. The van der Waals surface area contributed by atoms with E-state index in [2.05, 4.69) is 37.9 Å². The minimum absolute atomic E-state index is 0.700. The molecule has 90 valence electrons. The molecule has 0 bridgehead atoms. The van der Waals surface area contributed by atoms with Crippen LogP contribution in [0, 0.1) is 5.92 Å². The summed E-state index contributed by atoms with van der Waals surface area (Å²) in [5.74, 6) is 0.801. The van der Waals surface area contributed by atoms with Crippen LogP contribution in [-0.2, 0) is 0 Å². The highest BCUT2D eigenvalue weighted by molar-refractivity contribution is 4.82. The number of nitrogens with zero attached hydrogens (tertiary/aromatic N) is 1. The minimum atomic E-state index is 0.700. The summed E-state index contributed by atoms with van der Waals surface area (Å²) in [7, 11) is 0. The van der Waals surface area contributed by atoms with Crippen molar-refractivity contribution in [2.75, 3.05) is 19.6 Å². The van der Waals surface area contributed by atoms with E-state index in [9.17, 15) is 0 Å². The van der Waals surface area contributed by atoms with Gasteiger partial charge in [0.1, 0.15) is 0 Å². The van der Waals surface area contributed by atoms with Crippen molar-refractivity contribution in [2.45, 2.75) is 59.0 Å². The van der Waals surface area contributed by atoms with Crippen LogP contribution in [0.25, 0.3) is 0 Å². The Bertz CT molecular complexity index is 152. The van der Waals surface area contributed by atoms with E-state index >= 15 is 0 Å². The Labute approximate surface area is 95.4 Å². The fourth-order valence-corrected chi connectivity index (χ4v) is 2.30. The van der Waals surface area contributed by atoms with Gasteiger partial charge >= 0.3 is 0 Å². The third-order valence-electron chi connectivity index (χ3n) is 4.00. The van der Waals surface area contributed by atoms with Crippen LogP contribution in [0.4, 0.5) is 0 Å². The number of hydrogen-bond acceptors (Lipinski definition) is 2. The predicted molar refractivity (Wildman–Crippen MR) is 67.2 cm³/mol. The smallest absolute Gasteiger partial charge is 0.0220 e. The lowest BCUT2D eigenvalue weighted by molar-refractivity contribution is 0.183. The van der Waals surface area contributed by atoms with Gasteiger partial charge in [-0.3, -0.25) is 4.90 Å². The average molecular weight is 212 g/mol. The zero-order chi connectivity index (χ0) is 11.3. The fourth-order valence-electron chi connectivity index (χ4n) is 2.30. The first kappa shape index (κ1) is 13.0. The second-order valence-corrected chi connectivity index (χ2v) is 5.05. The van der Waals surface area contributed by atoms with E-state index in [-0.39, 0.29) is 0 Å². The summed E-state index contributed by atoms with van der Waals surface area (Å²) in [5.41, 5.74) is 0. The van der Waals surface area contributed by atoms with E-state index in [1.807, 2.05) is 0 Å². The van der Waals surface area contributed by atoms with Crippen molar-refractivity contribution in [1.29, 1.82) is 0 Å². The maximum atomic E-state index is 3.70. The van der Waals surface area contributed by atoms with Crippen molar-refractivity contribution < 1.29 is 0 Å². The van der Waals surface area contributed by atoms with Gasteiger partial charge < -0.3 is 5.32 Å². The molecule has 1 N–H and O–H groups in total. The maximum absolute atomic E-state index is 3.70. The van der Waals surface area contributed by atoms with Crippen LogP contribution in [0.2, 0.25) is 0 Å². The van der Waals surface area contributed by atoms with Gasteiger partial charge in [0.25, 0.3) is 0 Å². The van der Waals surface area contributed by atoms with Crippen LogP contribution in [0.3, 0.4) is 0 Å². The molecule has 0 saturated carbocycles. The zero-order valence-electron chi connectivity index (χ0n) is 10.9. The highest BCUT2D eigenvalue weighted by Crippen LogP contribution is 2.15. The quantitative estimate of drug-likeness (QED) is 0.770. The minimum Gasteiger partial charge on any atom is -0.312 e. The van der Waals surface area contributed by atoms with Crippen molar-refractivity contribution in [2.24, 2.45) is 5.92 Å². The van der Waals surface area contributed by atoms with Gasteiger partial charge in [0.05, 0.1) is 0 Å². The molecule has 1 rings (SSSR count). The molecule has 3 unspecified atom stereocenters. The lowest BCUT2D eigenvalue weighted by Crippen LogP contribution is -2.44. The first-order valence-corrected chi connectivity index (χ1v) is 6.66. The number of nitrogens with one attached hydrogen (secondary N) is 1. The molecular weight excluding hydrogens is 184 g/mol. The Morgan fingerprint density at radius 1 is 1.27 bits per heavy atom. The predicted octanol–water partition coefficient (Wildman–Crippen LogP) is 2.49. The second kappa shape index (κ2) is 6.49. The highest BCUT2D eigenvalue weighted by Gasteiger charge is 2.23. The summed E-state index contributed by atoms with van der Waals surface area (Å²) in [5, 5.41) is 3.70. The van der Waals surface area contributed by atoms with Crippen LogP contribution < -0.4 is 5.32 Å². The van der Waals surface area contributed by atoms with E-state index < -0.39 is 0 Å².